The van der Waals surface area contributed by atoms with Gasteiger partial charge in [-0.05, 0) is 49.1 Å². The van der Waals surface area contributed by atoms with Crippen LogP contribution >= 0.6 is 0 Å². The number of rotatable bonds is 8. The third kappa shape index (κ3) is 5.26. The highest BCUT2D eigenvalue weighted by atomic mass is 16.5. The van der Waals surface area contributed by atoms with Crippen molar-refractivity contribution in [3.05, 3.63) is 42.1 Å². The summed E-state index contributed by atoms with van der Waals surface area (Å²) in [5.41, 5.74) is 2.13. The molecule has 1 fully saturated rings. The minimum absolute atomic E-state index is 0.0797. The lowest BCUT2D eigenvalue weighted by molar-refractivity contribution is 0.0947. The minimum atomic E-state index is -0.0797. The summed E-state index contributed by atoms with van der Waals surface area (Å²) in [4.78, 5) is 19.5. The van der Waals surface area contributed by atoms with Crippen LogP contribution in [-0.2, 0) is 0 Å². The standard InChI is InChI=1S/C23H31N3O3/c1-16(2)14-26-11-10-17(15-26)12-25-23(27)18-8-9-20(24-13-18)19-6-5-7-21(28-3)22(19)29-4/h5-9,13,16-17H,10-12,14-15H2,1-4H3,(H,25,27). The number of ether oxygens (including phenoxy) is 2. The number of aromatic nitrogens is 1. The lowest BCUT2D eigenvalue weighted by Gasteiger charge is -2.18. The van der Waals surface area contributed by atoms with Gasteiger partial charge in [0.2, 0.25) is 0 Å². The van der Waals surface area contributed by atoms with E-state index in [-0.39, 0.29) is 5.91 Å². The summed E-state index contributed by atoms with van der Waals surface area (Å²) >= 11 is 0. The highest BCUT2D eigenvalue weighted by Gasteiger charge is 2.23. The van der Waals surface area contributed by atoms with Gasteiger partial charge in [-0.1, -0.05) is 19.9 Å². The molecule has 6 nitrogen and oxygen atoms in total. The molecule has 1 saturated heterocycles. The first-order valence-electron chi connectivity index (χ1n) is 10.2. The van der Waals surface area contributed by atoms with Crippen molar-refractivity contribution in [3.63, 3.8) is 0 Å². The Morgan fingerprint density at radius 3 is 2.72 bits per heavy atom. The fourth-order valence-electron chi connectivity index (χ4n) is 3.88. The molecule has 1 N–H and O–H groups in total. The summed E-state index contributed by atoms with van der Waals surface area (Å²) in [5, 5.41) is 3.06. The van der Waals surface area contributed by atoms with E-state index in [1.54, 1.807) is 26.5 Å². The van der Waals surface area contributed by atoms with Crippen LogP contribution in [0.25, 0.3) is 11.3 Å². The average Bonchev–Trinajstić information content (AvgIpc) is 3.18. The summed E-state index contributed by atoms with van der Waals surface area (Å²) < 4.78 is 10.8. The fourth-order valence-corrected chi connectivity index (χ4v) is 3.88. The second-order valence-electron chi connectivity index (χ2n) is 7.99. The van der Waals surface area contributed by atoms with Gasteiger partial charge in [0, 0.05) is 31.4 Å². The zero-order valence-corrected chi connectivity index (χ0v) is 17.8. The van der Waals surface area contributed by atoms with E-state index in [4.69, 9.17) is 9.47 Å². The Morgan fingerprint density at radius 1 is 1.24 bits per heavy atom. The van der Waals surface area contributed by atoms with E-state index in [9.17, 15) is 4.79 Å². The van der Waals surface area contributed by atoms with Crippen LogP contribution in [0.2, 0.25) is 0 Å². The van der Waals surface area contributed by atoms with Crippen LogP contribution in [0.15, 0.2) is 36.5 Å². The Morgan fingerprint density at radius 2 is 2.07 bits per heavy atom. The van der Waals surface area contributed by atoms with E-state index in [2.05, 4.69) is 29.0 Å². The summed E-state index contributed by atoms with van der Waals surface area (Å²) in [6.07, 6.45) is 2.75. The Labute approximate surface area is 173 Å². The molecular weight excluding hydrogens is 366 g/mol. The topological polar surface area (TPSA) is 63.7 Å². The van der Waals surface area contributed by atoms with Gasteiger partial charge in [0.1, 0.15) is 0 Å². The molecule has 0 saturated carbocycles. The Bertz CT molecular complexity index is 821. The first-order chi connectivity index (χ1) is 14.0. The van der Waals surface area contributed by atoms with Crippen molar-refractivity contribution in [1.29, 1.82) is 0 Å². The first kappa shape index (κ1) is 21.1. The van der Waals surface area contributed by atoms with E-state index in [0.29, 0.717) is 35.4 Å². The van der Waals surface area contributed by atoms with Crippen LogP contribution in [0.5, 0.6) is 11.5 Å². The number of nitrogens with one attached hydrogen (secondary N) is 1. The molecule has 2 aromatic rings. The predicted octanol–water partition coefficient (Wildman–Crippen LogP) is 3.47. The highest BCUT2D eigenvalue weighted by Crippen LogP contribution is 2.36. The lowest BCUT2D eigenvalue weighted by Crippen LogP contribution is -2.31. The Kier molecular flexibility index (Phi) is 7.09. The number of amides is 1. The van der Waals surface area contributed by atoms with Crippen LogP contribution in [-0.4, -0.2) is 56.2 Å². The zero-order chi connectivity index (χ0) is 20.8. The van der Waals surface area contributed by atoms with Gasteiger partial charge in [0.05, 0.1) is 25.5 Å². The quantitative estimate of drug-likeness (QED) is 0.739. The van der Waals surface area contributed by atoms with E-state index >= 15 is 0 Å². The van der Waals surface area contributed by atoms with Gasteiger partial charge in [0.25, 0.3) is 5.91 Å². The van der Waals surface area contributed by atoms with Gasteiger partial charge in [-0.2, -0.15) is 0 Å². The molecule has 3 rings (SSSR count). The summed E-state index contributed by atoms with van der Waals surface area (Å²) in [7, 11) is 3.21. The monoisotopic (exact) mass is 397 g/mol. The minimum Gasteiger partial charge on any atom is -0.493 e. The number of pyridine rings is 1. The van der Waals surface area contributed by atoms with Crippen LogP contribution in [0, 0.1) is 11.8 Å². The molecule has 6 heteroatoms. The summed E-state index contributed by atoms with van der Waals surface area (Å²) in [6.45, 7) is 8.50. The second-order valence-corrected chi connectivity index (χ2v) is 7.99. The number of carbonyl (C=O) groups excluding carboxylic acids is 1. The second kappa shape index (κ2) is 9.74. The number of carbonyl (C=O) groups is 1. The van der Waals surface area contributed by atoms with Crippen LogP contribution in [0.4, 0.5) is 0 Å². The molecule has 29 heavy (non-hydrogen) atoms. The third-order valence-corrected chi connectivity index (χ3v) is 5.25. The normalized spacial score (nSPS) is 16.8. The summed E-state index contributed by atoms with van der Waals surface area (Å²) in [6, 6.07) is 9.30. The molecule has 2 heterocycles. The third-order valence-electron chi connectivity index (χ3n) is 5.25. The molecule has 0 aliphatic carbocycles. The van der Waals surface area contributed by atoms with Crippen molar-refractivity contribution in [3.8, 4) is 22.8 Å². The van der Waals surface area contributed by atoms with Gasteiger partial charge in [-0.3, -0.25) is 9.78 Å². The highest BCUT2D eigenvalue weighted by molar-refractivity contribution is 5.94. The summed E-state index contributed by atoms with van der Waals surface area (Å²) in [5.74, 6) is 2.40. The molecule has 1 aromatic heterocycles. The number of hydrogen-bond acceptors (Lipinski definition) is 5. The van der Waals surface area contributed by atoms with E-state index in [1.807, 2.05) is 24.3 Å². The largest absolute Gasteiger partial charge is 0.493 e. The maximum absolute atomic E-state index is 12.5. The maximum atomic E-state index is 12.5. The molecule has 0 radical (unpaired) electrons. The number of para-hydroxylation sites is 1. The molecular formula is C23H31N3O3. The Balaban J connectivity index is 1.60. The SMILES string of the molecule is COc1cccc(-c2ccc(C(=O)NCC3CCN(CC(C)C)C3)cn2)c1OC. The average molecular weight is 398 g/mol. The van der Waals surface area contributed by atoms with Crippen molar-refractivity contribution in [2.45, 2.75) is 20.3 Å². The van der Waals surface area contributed by atoms with Gasteiger partial charge >= 0.3 is 0 Å². The molecule has 156 valence electrons. The van der Waals surface area contributed by atoms with Gasteiger partial charge in [-0.15, -0.1) is 0 Å². The van der Waals surface area contributed by atoms with Crippen LogP contribution < -0.4 is 14.8 Å². The van der Waals surface area contributed by atoms with E-state index in [0.717, 1.165) is 37.3 Å². The molecule has 1 aliphatic rings. The molecule has 1 amide bonds. The molecule has 1 unspecified atom stereocenters. The molecule has 1 aromatic carbocycles. The molecule has 1 aliphatic heterocycles. The molecule has 0 spiro atoms. The van der Waals surface area contributed by atoms with E-state index < -0.39 is 0 Å². The molecule has 0 bridgehead atoms. The van der Waals surface area contributed by atoms with Crippen molar-refractivity contribution in [2.24, 2.45) is 11.8 Å². The van der Waals surface area contributed by atoms with E-state index in [1.165, 1.54) is 0 Å². The lowest BCUT2D eigenvalue weighted by atomic mass is 10.1. The van der Waals surface area contributed by atoms with Crippen molar-refractivity contribution in [2.75, 3.05) is 40.4 Å². The van der Waals surface area contributed by atoms with Gasteiger partial charge < -0.3 is 19.7 Å². The van der Waals surface area contributed by atoms with Crippen molar-refractivity contribution in [1.82, 2.24) is 15.2 Å². The van der Waals surface area contributed by atoms with Crippen LogP contribution in [0.1, 0.15) is 30.6 Å². The van der Waals surface area contributed by atoms with Crippen molar-refractivity contribution < 1.29 is 14.3 Å². The number of methoxy groups -OCH3 is 2. The number of nitrogens with zero attached hydrogens (tertiary/aromatic N) is 2. The van der Waals surface area contributed by atoms with Crippen LogP contribution in [0.3, 0.4) is 0 Å². The number of likely N-dealkylation sites (tertiary alicyclic amines) is 1. The number of benzene rings is 1. The van der Waals surface area contributed by atoms with Gasteiger partial charge in [-0.25, -0.2) is 0 Å². The molecule has 1 atom stereocenters. The fraction of sp³-hybridized carbons (Fsp3) is 0.478. The van der Waals surface area contributed by atoms with Crippen molar-refractivity contribution >= 4 is 5.91 Å². The number of hydrogen-bond donors (Lipinski definition) is 1. The smallest absolute Gasteiger partial charge is 0.252 e. The maximum Gasteiger partial charge on any atom is 0.252 e. The Hall–Kier alpha value is -2.60. The first-order valence-corrected chi connectivity index (χ1v) is 10.2. The zero-order valence-electron chi connectivity index (χ0n) is 17.8. The predicted molar refractivity (Wildman–Crippen MR) is 114 cm³/mol. The van der Waals surface area contributed by atoms with Gasteiger partial charge in [0.15, 0.2) is 11.5 Å².